The van der Waals surface area contributed by atoms with Crippen molar-refractivity contribution in [2.24, 2.45) is 11.7 Å². The summed E-state index contributed by atoms with van der Waals surface area (Å²) in [5, 5.41) is 0. The van der Waals surface area contributed by atoms with Crippen LogP contribution in [0.3, 0.4) is 0 Å². The predicted octanol–water partition coefficient (Wildman–Crippen LogP) is 2.51. The van der Waals surface area contributed by atoms with Crippen LogP contribution in [0.25, 0.3) is 0 Å². The molecule has 2 rings (SSSR count). The molecule has 0 aliphatic carbocycles. The number of amides is 1. The standard InChI is InChI=1S/C14H22N2OS/c1-3-12-6-7-13(18-12)14(17)16-8-4-5-11(9-16)10(2)15/h6-7,10-11H,3-5,8-9,15H2,1-2H3. The van der Waals surface area contributed by atoms with Crippen molar-refractivity contribution in [3.05, 3.63) is 21.9 Å². The molecule has 2 atom stereocenters. The van der Waals surface area contributed by atoms with Crippen molar-refractivity contribution < 1.29 is 4.79 Å². The molecule has 2 N–H and O–H groups in total. The SMILES string of the molecule is CCc1ccc(C(=O)N2CCCC(C(C)N)C2)s1. The van der Waals surface area contributed by atoms with Crippen molar-refractivity contribution in [2.75, 3.05) is 13.1 Å². The Hall–Kier alpha value is -0.870. The summed E-state index contributed by atoms with van der Waals surface area (Å²) in [5.74, 6) is 0.637. The molecule has 0 bridgehead atoms. The van der Waals surface area contributed by atoms with Crippen molar-refractivity contribution in [1.29, 1.82) is 0 Å². The first-order valence-electron chi connectivity index (χ1n) is 6.75. The van der Waals surface area contributed by atoms with Gasteiger partial charge >= 0.3 is 0 Å². The normalized spacial score (nSPS) is 21.9. The lowest BCUT2D eigenvalue weighted by Crippen LogP contribution is -2.44. The fraction of sp³-hybridized carbons (Fsp3) is 0.643. The Kier molecular flexibility index (Phi) is 4.40. The van der Waals surface area contributed by atoms with Crippen molar-refractivity contribution in [2.45, 2.75) is 39.2 Å². The van der Waals surface area contributed by atoms with E-state index in [0.29, 0.717) is 5.92 Å². The van der Waals surface area contributed by atoms with Crippen LogP contribution in [-0.2, 0) is 6.42 Å². The first-order chi connectivity index (χ1) is 8.61. The molecule has 1 amide bonds. The second kappa shape index (κ2) is 5.85. The Balaban J connectivity index is 2.04. The number of hydrogen-bond acceptors (Lipinski definition) is 3. The molecule has 18 heavy (non-hydrogen) atoms. The van der Waals surface area contributed by atoms with E-state index in [-0.39, 0.29) is 11.9 Å². The third kappa shape index (κ3) is 2.93. The van der Waals surface area contributed by atoms with Crippen LogP contribution < -0.4 is 5.73 Å². The van der Waals surface area contributed by atoms with Gasteiger partial charge in [-0.3, -0.25) is 4.79 Å². The molecule has 1 aromatic rings. The largest absolute Gasteiger partial charge is 0.338 e. The zero-order chi connectivity index (χ0) is 13.1. The molecule has 0 saturated carbocycles. The number of aryl methyl sites for hydroxylation is 1. The van der Waals surface area contributed by atoms with E-state index in [1.807, 2.05) is 17.9 Å². The molecule has 1 aliphatic rings. The van der Waals surface area contributed by atoms with Crippen LogP contribution in [0.1, 0.15) is 41.2 Å². The lowest BCUT2D eigenvalue weighted by molar-refractivity contribution is 0.0666. The Morgan fingerprint density at radius 2 is 2.39 bits per heavy atom. The number of thiophene rings is 1. The number of piperidine rings is 1. The minimum atomic E-state index is 0.176. The van der Waals surface area contributed by atoms with Gasteiger partial charge in [0.1, 0.15) is 0 Å². The van der Waals surface area contributed by atoms with Crippen molar-refractivity contribution in [1.82, 2.24) is 4.90 Å². The highest BCUT2D eigenvalue weighted by Crippen LogP contribution is 2.23. The second-order valence-corrected chi connectivity index (χ2v) is 6.30. The highest BCUT2D eigenvalue weighted by molar-refractivity contribution is 7.14. The summed E-state index contributed by atoms with van der Waals surface area (Å²) in [7, 11) is 0. The van der Waals surface area contributed by atoms with E-state index in [2.05, 4.69) is 13.0 Å². The van der Waals surface area contributed by atoms with Gasteiger partial charge in [-0.15, -0.1) is 11.3 Å². The van der Waals surface area contributed by atoms with Crippen molar-refractivity contribution in [3.63, 3.8) is 0 Å². The van der Waals surface area contributed by atoms with Crippen LogP contribution in [0, 0.1) is 5.92 Å². The van der Waals surface area contributed by atoms with Crippen LogP contribution in [0.5, 0.6) is 0 Å². The van der Waals surface area contributed by atoms with Gasteiger partial charge in [0.05, 0.1) is 4.88 Å². The summed E-state index contributed by atoms with van der Waals surface area (Å²) in [6, 6.07) is 4.20. The average molecular weight is 266 g/mol. The van der Waals surface area contributed by atoms with Crippen molar-refractivity contribution in [3.8, 4) is 0 Å². The zero-order valence-electron chi connectivity index (χ0n) is 11.2. The molecule has 2 unspecified atom stereocenters. The van der Waals surface area contributed by atoms with Crippen LogP contribution in [0.2, 0.25) is 0 Å². The zero-order valence-corrected chi connectivity index (χ0v) is 12.0. The number of carbonyl (C=O) groups excluding carboxylic acids is 1. The fourth-order valence-electron chi connectivity index (χ4n) is 2.46. The van der Waals surface area contributed by atoms with Crippen LogP contribution in [0.4, 0.5) is 0 Å². The molecule has 4 heteroatoms. The number of hydrogen-bond donors (Lipinski definition) is 1. The summed E-state index contributed by atoms with van der Waals surface area (Å²) in [5.41, 5.74) is 5.96. The topological polar surface area (TPSA) is 46.3 Å². The quantitative estimate of drug-likeness (QED) is 0.913. The Bertz CT molecular complexity index is 414. The molecule has 0 radical (unpaired) electrons. The third-order valence-electron chi connectivity index (χ3n) is 3.71. The van der Waals surface area contributed by atoms with E-state index in [0.717, 1.165) is 37.2 Å². The summed E-state index contributed by atoms with van der Waals surface area (Å²) in [6.07, 6.45) is 3.22. The van der Waals surface area contributed by atoms with Gasteiger partial charge in [-0.2, -0.15) is 0 Å². The maximum atomic E-state index is 12.4. The number of carbonyl (C=O) groups is 1. The molecule has 3 nitrogen and oxygen atoms in total. The van der Waals surface area contributed by atoms with Crippen LogP contribution in [-0.4, -0.2) is 29.9 Å². The molecule has 1 aromatic heterocycles. The molecule has 1 saturated heterocycles. The predicted molar refractivity (Wildman–Crippen MR) is 76.0 cm³/mol. The van der Waals surface area contributed by atoms with Crippen LogP contribution in [0.15, 0.2) is 12.1 Å². The van der Waals surface area contributed by atoms with Gasteiger partial charge < -0.3 is 10.6 Å². The average Bonchev–Trinajstić information content (AvgIpc) is 2.86. The number of nitrogens with two attached hydrogens (primary N) is 1. The summed E-state index contributed by atoms with van der Waals surface area (Å²) in [6.45, 7) is 5.85. The van der Waals surface area contributed by atoms with Gasteiger partial charge in [-0.05, 0) is 44.2 Å². The van der Waals surface area contributed by atoms with E-state index in [1.165, 1.54) is 4.88 Å². The van der Waals surface area contributed by atoms with Crippen LogP contribution >= 0.6 is 11.3 Å². The summed E-state index contributed by atoms with van der Waals surface area (Å²) < 4.78 is 0. The Labute approximate surface area is 113 Å². The molecule has 2 heterocycles. The molecular weight excluding hydrogens is 244 g/mol. The third-order valence-corrected chi connectivity index (χ3v) is 4.93. The first-order valence-corrected chi connectivity index (χ1v) is 7.57. The van der Waals surface area contributed by atoms with Crippen molar-refractivity contribution >= 4 is 17.2 Å². The van der Waals surface area contributed by atoms with Gasteiger partial charge in [-0.25, -0.2) is 0 Å². The number of rotatable bonds is 3. The van der Waals surface area contributed by atoms with E-state index in [4.69, 9.17) is 5.73 Å². The first kappa shape index (κ1) is 13.6. The maximum Gasteiger partial charge on any atom is 0.263 e. The lowest BCUT2D eigenvalue weighted by Gasteiger charge is -2.34. The molecule has 0 spiro atoms. The number of nitrogens with zero attached hydrogens (tertiary/aromatic N) is 1. The summed E-state index contributed by atoms with van der Waals surface area (Å²) in [4.78, 5) is 16.5. The Morgan fingerprint density at radius 3 is 3.00 bits per heavy atom. The number of likely N-dealkylation sites (tertiary alicyclic amines) is 1. The molecule has 100 valence electrons. The van der Waals surface area contributed by atoms with E-state index >= 15 is 0 Å². The van der Waals surface area contributed by atoms with E-state index in [9.17, 15) is 4.79 Å². The smallest absolute Gasteiger partial charge is 0.263 e. The monoisotopic (exact) mass is 266 g/mol. The molecular formula is C14H22N2OS. The minimum absolute atomic E-state index is 0.176. The lowest BCUT2D eigenvalue weighted by atomic mass is 9.92. The minimum Gasteiger partial charge on any atom is -0.338 e. The van der Waals surface area contributed by atoms with E-state index in [1.54, 1.807) is 11.3 Å². The van der Waals surface area contributed by atoms with Gasteiger partial charge in [0.25, 0.3) is 5.91 Å². The van der Waals surface area contributed by atoms with E-state index < -0.39 is 0 Å². The second-order valence-electron chi connectivity index (χ2n) is 5.13. The highest BCUT2D eigenvalue weighted by Gasteiger charge is 2.26. The summed E-state index contributed by atoms with van der Waals surface area (Å²) >= 11 is 1.62. The molecule has 0 aromatic carbocycles. The van der Waals surface area contributed by atoms with Gasteiger partial charge in [0.15, 0.2) is 0 Å². The maximum absolute atomic E-state index is 12.4. The van der Waals surface area contributed by atoms with Gasteiger partial charge in [0.2, 0.25) is 0 Å². The Morgan fingerprint density at radius 1 is 1.61 bits per heavy atom. The molecule has 1 fully saturated rings. The molecule has 1 aliphatic heterocycles. The van der Waals surface area contributed by atoms with Gasteiger partial charge in [-0.1, -0.05) is 6.92 Å². The van der Waals surface area contributed by atoms with Gasteiger partial charge in [0, 0.05) is 24.0 Å². The fourth-order valence-corrected chi connectivity index (χ4v) is 3.38. The highest BCUT2D eigenvalue weighted by atomic mass is 32.1.